The zero-order valence-electron chi connectivity index (χ0n) is 13.3. The molecule has 0 aliphatic rings. The molecule has 8 heteroatoms. The Morgan fingerprint density at radius 2 is 2.00 bits per heavy atom. The third-order valence-electron chi connectivity index (χ3n) is 3.09. The average molecular weight is 358 g/mol. The molecule has 0 fully saturated rings. The number of benzene rings is 1. The van der Waals surface area contributed by atoms with Crippen LogP contribution >= 0.6 is 24.0 Å². The summed E-state index contributed by atoms with van der Waals surface area (Å²) in [6, 6.07) is 7.36. The van der Waals surface area contributed by atoms with Crippen LogP contribution in [-0.4, -0.2) is 40.8 Å². The standard InChI is InChI=1S/C15H20ClN5O.ClH/c1-10(2)14-19-13(15(22)18-9-8-17-3)20-21(14)12-7-5-4-6-11(12)16;/h4-7,10,17H,8-9H2,1-3H3,(H,18,22);1H. The Hall–Kier alpha value is -1.63. The molecule has 0 aliphatic carbocycles. The first-order valence-electron chi connectivity index (χ1n) is 7.19. The van der Waals surface area contributed by atoms with Gasteiger partial charge in [-0.15, -0.1) is 17.5 Å². The van der Waals surface area contributed by atoms with E-state index in [1.165, 1.54) is 0 Å². The Morgan fingerprint density at radius 1 is 1.30 bits per heavy atom. The molecular formula is C15H21Cl2N5O. The minimum atomic E-state index is -0.289. The number of nitrogens with one attached hydrogen (secondary N) is 2. The van der Waals surface area contributed by atoms with Crippen LogP contribution in [0, 0.1) is 0 Å². The first-order chi connectivity index (χ1) is 10.5. The predicted molar refractivity (Wildman–Crippen MR) is 94.0 cm³/mol. The summed E-state index contributed by atoms with van der Waals surface area (Å²) in [5.74, 6) is 0.678. The highest BCUT2D eigenvalue weighted by atomic mass is 35.5. The molecule has 0 saturated carbocycles. The smallest absolute Gasteiger partial charge is 0.291 e. The highest BCUT2D eigenvalue weighted by molar-refractivity contribution is 6.32. The zero-order chi connectivity index (χ0) is 16.1. The summed E-state index contributed by atoms with van der Waals surface area (Å²) in [6.45, 7) is 5.21. The minimum Gasteiger partial charge on any atom is -0.348 e. The van der Waals surface area contributed by atoms with E-state index in [1.54, 1.807) is 10.7 Å². The van der Waals surface area contributed by atoms with Crippen molar-refractivity contribution < 1.29 is 4.79 Å². The number of nitrogens with zero attached hydrogens (tertiary/aromatic N) is 3. The Bertz CT molecular complexity index is 657. The van der Waals surface area contributed by atoms with E-state index in [4.69, 9.17) is 11.6 Å². The van der Waals surface area contributed by atoms with Crippen molar-refractivity contribution in [2.24, 2.45) is 0 Å². The van der Waals surface area contributed by atoms with Crippen LogP contribution in [0.25, 0.3) is 5.69 Å². The maximum Gasteiger partial charge on any atom is 0.291 e. The lowest BCUT2D eigenvalue weighted by Crippen LogP contribution is -2.31. The van der Waals surface area contributed by atoms with Crippen LogP contribution in [-0.2, 0) is 0 Å². The van der Waals surface area contributed by atoms with Gasteiger partial charge in [0.1, 0.15) is 5.82 Å². The molecule has 2 N–H and O–H groups in total. The summed E-state index contributed by atoms with van der Waals surface area (Å²) in [4.78, 5) is 16.5. The maximum absolute atomic E-state index is 12.1. The molecule has 0 radical (unpaired) electrons. The molecular weight excluding hydrogens is 337 g/mol. The molecule has 126 valence electrons. The number of rotatable bonds is 6. The Labute approximate surface area is 147 Å². The van der Waals surface area contributed by atoms with Gasteiger partial charge in [-0.2, -0.15) is 0 Å². The lowest BCUT2D eigenvalue weighted by atomic mass is 10.2. The Kier molecular flexibility index (Phi) is 7.48. The van der Waals surface area contributed by atoms with Gasteiger partial charge in [0, 0.05) is 19.0 Å². The third-order valence-corrected chi connectivity index (χ3v) is 3.41. The van der Waals surface area contributed by atoms with Crippen molar-refractivity contribution in [1.82, 2.24) is 25.4 Å². The van der Waals surface area contributed by atoms with Crippen LogP contribution in [0.1, 0.15) is 36.2 Å². The second-order valence-electron chi connectivity index (χ2n) is 5.17. The van der Waals surface area contributed by atoms with Gasteiger partial charge >= 0.3 is 0 Å². The van der Waals surface area contributed by atoms with E-state index in [1.807, 2.05) is 39.1 Å². The second-order valence-corrected chi connectivity index (χ2v) is 5.58. The number of halogens is 2. The first-order valence-corrected chi connectivity index (χ1v) is 7.57. The number of carbonyl (C=O) groups excluding carboxylic acids is 1. The quantitative estimate of drug-likeness (QED) is 0.778. The van der Waals surface area contributed by atoms with Crippen LogP contribution in [0.2, 0.25) is 5.02 Å². The van der Waals surface area contributed by atoms with Crippen molar-refractivity contribution >= 4 is 29.9 Å². The molecule has 0 spiro atoms. The van der Waals surface area contributed by atoms with E-state index < -0.39 is 0 Å². The van der Waals surface area contributed by atoms with Gasteiger partial charge in [-0.05, 0) is 19.2 Å². The molecule has 1 aromatic heterocycles. The van der Waals surface area contributed by atoms with Crippen molar-refractivity contribution in [2.45, 2.75) is 19.8 Å². The number of amides is 1. The van der Waals surface area contributed by atoms with E-state index in [2.05, 4.69) is 20.7 Å². The Morgan fingerprint density at radius 3 is 2.61 bits per heavy atom. The van der Waals surface area contributed by atoms with Crippen molar-refractivity contribution in [2.75, 3.05) is 20.1 Å². The molecule has 1 heterocycles. The van der Waals surface area contributed by atoms with Crippen LogP contribution in [0.15, 0.2) is 24.3 Å². The number of likely N-dealkylation sites (N-methyl/N-ethyl adjacent to an activating group) is 1. The van der Waals surface area contributed by atoms with Gasteiger partial charge in [-0.25, -0.2) is 9.67 Å². The molecule has 0 atom stereocenters. The fraction of sp³-hybridized carbons (Fsp3) is 0.400. The van der Waals surface area contributed by atoms with Gasteiger partial charge < -0.3 is 10.6 Å². The van der Waals surface area contributed by atoms with Crippen LogP contribution < -0.4 is 10.6 Å². The van der Waals surface area contributed by atoms with Crippen molar-refractivity contribution in [3.05, 3.63) is 40.9 Å². The number of para-hydroxylation sites is 1. The topological polar surface area (TPSA) is 71.8 Å². The molecule has 1 aromatic carbocycles. The maximum atomic E-state index is 12.1. The number of aromatic nitrogens is 3. The van der Waals surface area contributed by atoms with Gasteiger partial charge in [0.2, 0.25) is 5.82 Å². The van der Waals surface area contributed by atoms with Gasteiger partial charge in [-0.3, -0.25) is 4.79 Å². The molecule has 2 rings (SSSR count). The highest BCUT2D eigenvalue weighted by Gasteiger charge is 2.20. The third kappa shape index (κ3) is 4.67. The largest absolute Gasteiger partial charge is 0.348 e. The summed E-state index contributed by atoms with van der Waals surface area (Å²) in [5.41, 5.74) is 0.717. The summed E-state index contributed by atoms with van der Waals surface area (Å²) in [6.07, 6.45) is 0. The summed E-state index contributed by atoms with van der Waals surface area (Å²) in [7, 11) is 1.83. The molecule has 0 bridgehead atoms. The Balaban J connectivity index is 0.00000264. The molecule has 0 aliphatic heterocycles. The fourth-order valence-corrected chi connectivity index (χ4v) is 2.19. The molecule has 23 heavy (non-hydrogen) atoms. The van der Waals surface area contributed by atoms with Gasteiger partial charge in [0.15, 0.2) is 0 Å². The SMILES string of the molecule is CNCCNC(=O)c1nc(C(C)C)n(-c2ccccc2Cl)n1.Cl. The van der Waals surface area contributed by atoms with Crippen molar-refractivity contribution in [1.29, 1.82) is 0 Å². The molecule has 0 saturated heterocycles. The lowest BCUT2D eigenvalue weighted by Gasteiger charge is -2.09. The first kappa shape index (κ1) is 19.4. The average Bonchev–Trinajstić information content (AvgIpc) is 2.93. The predicted octanol–water partition coefficient (Wildman–Crippen LogP) is 2.42. The molecule has 6 nitrogen and oxygen atoms in total. The van der Waals surface area contributed by atoms with Crippen LogP contribution in [0.3, 0.4) is 0 Å². The molecule has 0 unspecified atom stereocenters. The summed E-state index contributed by atoms with van der Waals surface area (Å²) in [5, 5.41) is 10.6. The monoisotopic (exact) mass is 357 g/mol. The number of carbonyl (C=O) groups is 1. The molecule has 1 amide bonds. The lowest BCUT2D eigenvalue weighted by molar-refractivity contribution is 0.0944. The minimum absolute atomic E-state index is 0. The van der Waals surface area contributed by atoms with E-state index in [-0.39, 0.29) is 30.1 Å². The van der Waals surface area contributed by atoms with Gasteiger partial charge in [-0.1, -0.05) is 37.6 Å². The van der Waals surface area contributed by atoms with Crippen molar-refractivity contribution in [3.8, 4) is 5.69 Å². The van der Waals surface area contributed by atoms with E-state index in [0.717, 1.165) is 5.69 Å². The van der Waals surface area contributed by atoms with Gasteiger partial charge in [0.25, 0.3) is 5.91 Å². The normalized spacial score (nSPS) is 10.5. The molecule has 2 aromatic rings. The van der Waals surface area contributed by atoms with E-state index in [9.17, 15) is 4.79 Å². The second kappa shape index (κ2) is 8.86. The summed E-state index contributed by atoms with van der Waals surface area (Å²) < 4.78 is 1.64. The van der Waals surface area contributed by atoms with Crippen LogP contribution in [0.5, 0.6) is 0 Å². The van der Waals surface area contributed by atoms with Crippen molar-refractivity contribution in [3.63, 3.8) is 0 Å². The summed E-state index contributed by atoms with van der Waals surface area (Å²) >= 11 is 6.23. The zero-order valence-corrected chi connectivity index (χ0v) is 14.9. The number of hydrogen-bond donors (Lipinski definition) is 2. The number of hydrogen-bond acceptors (Lipinski definition) is 4. The highest BCUT2D eigenvalue weighted by Crippen LogP contribution is 2.23. The van der Waals surface area contributed by atoms with Gasteiger partial charge in [0.05, 0.1) is 10.7 Å². The van der Waals surface area contributed by atoms with E-state index in [0.29, 0.717) is 23.9 Å². The fourth-order valence-electron chi connectivity index (χ4n) is 1.97. The van der Waals surface area contributed by atoms with E-state index >= 15 is 0 Å². The van der Waals surface area contributed by atoms with Crippen LogP contribution in [0.4, 0.5) is 0 Å².